The minimum absolute atomic E-state index is 0.117. The van der Waals surface area contributed by atoms with Gasteiger partial charge in [0.15, 0.2) is 17.1 Å². The maximum Gasteiger partial charge on any atom is 0.163 e. The molecule has 8 heteroatoms. The molecular formula is C17H16N6O2. The molecule has 0 saturated heterocycles. The molecule has 3 aromatic rings. The standard InChI is InChI=1S/C17H16N6O2/c18-6-3-7-23-17-13(9-22-23)16(20-11-21-17)19-8-12-10-24-14-4-1-2-5-15(14)25-12/h1-2,4-5,9,11-12H,3,7-8,10H2,(H,19,20,21)/t12-/m0/s1. The molecular weight excluding hydrogens is 320 g/mol. The highest BCUT2D eigenvalue weighted by atomic mass is 16.6. The fourth-order valence-electron chi connectivity index (χ4n) is 2.73. The number of nitrogens with one attached hydrogen (secondary N) is 1. The number of hydrogen-bond acceptors (Lipinski definition) is 7. The number of nitrogens with zero attached hydrogens (tertiary/aromatic N) is 5. The van der Waals surface area contributed by atoms with Crippen molar-refractivity contribution < 1.29 is 9.47 Å². The summed E-state index contributed by atoms with van der Waals surface area (Å²) in [7, 11) is 0. The molecule has 1 atom stereocenters. The first-order valence-corrected chi connectivity index (χ1v) is 8.01. The van der Waals surface area contributed by atoms with E-state index in [-0.39, 0.29) is 6.10 Å². The molecule has 0 unspecified atom stereocenters. The lowest BCUT2D eigenvalue weighted by molar-refractivity contribution is 0.0997. The highest BCUT2D eigenvalue weighted by Crippen LogP contribution is 2.31. The van der Waals surface area contributed by atoms with E-state index in [1.807, 2.05) is 24.3 Å². The van der Waals surface area contributed by atoms with Crippen LogP contribution in [0.5, 0.6) is 11.5 Å². The number of aromatic nitrogens is 4. The third kappa shape index (κ3) is 3.04. The molecule has 0 spiro atoms. The largest absolute Gasteiger partial charge is 0.486 e. The minimum atomic E-state index is -0.117. The van der Waals surface area contributed by atoms with Crippen molar-refractivity contribution in [1.82, 2.24) is 19.7 Å². The summed E-state index contributed by atoms with van der Waals surface area (Å²) in [5.41, 5.74) is 0.707. The number of benzene rings is 1. The van der Waals surface area contributed by atoms with E-state index in [4.69, 9.17) is 14.7 Å². The van der Waals surface area contributed by atoms with Crippen LogP contribution in [-0.4, -0.2) is 39.0 Å². The number of para-hydroxylation sites is 2. The lowest BCUT2D eigenvalue weighted by Gasteiger charge is -2.26. The third-order valence-corrected chi connectivity index (χ3v) is 3.93. The van der Waals surface area contributed by atoms with Gasteiger partial charge in [0.05, 0.1) is 37.2 Å². The van der Waals surface area contributed by atoms with Crippen LogP contribution >= 0.6 is 0 Å². The van der Waals surface area contributed by atoms with Crippen LogP contribution in [0.4, 0.5) is 5.82 Å². The fraction of sp³-hybridized carbons (Fsp3) is 0.294. The smallest absolute Gasteiger partial charge is 0.163 e. The number of ether oxygens (including phenoxy) is 2. The van der Waals surface area contributed by atoms with E-state index in [9.17, 15) is 0 Å². The van der Waals surface area contributed by atoms with Gasteiger partial charge in [-0.05, 0) is 12.1 Å². The molecule has 1 N–H and O–H groups in total. The van der Waals surface area contributed by atoms with Crippen molar-refractivity contribution in [3.8, 4) is 17.6 Å². The molecule has 1 aliphatic rings. The van der Waals surface area contributed by atoms with Crippen LogP contribution in [0.25, 0.3) is 11.0 Å². The summed E-state index contributed by atoms with van der Waals surface area (Å²) >= 11 is 0. The molecule has 0 bridgehead atoms. The Balaban J connectivity index is 1.47. The molecule has 0 radical (unpaired) electrons. The Morgan fingerprint density at radius 1 is 1.28 bits per heavy atom. The molecule has 1 aromatic carbocycles. The first-order valence-electron chi connectivity index (χ1n) is 8.01. The van der Waals surface area contributed by atoms with E-state index in [0.717, 1.165) is 16.9 Å². The summed E-state index contributed by atoms with van der Waals surface area (Å²) in [6.07, 6.45) is 3.47. The van der Waals surface area contributed by atoms with Crippen molar-refractivity contribution in [2.75, 3.05) is 18.5 Å². The Labute approximate surface area is 144 Å². The molecule has 126 valence electrons. The SMILES string of the molecule is N#CCCn1ncc2c(NC[C@H]3COc4ccccc4O3)ncnc21. The van der Waals surface area contributed by atoms with Crippen LogP contribution < -0.4 is 14.8 Å². The zero-order chi connectivity index (χ0) is 17.1. The Hall–Kier alpha value is -3.34. The molecule has 8 nitrogen and oxygen atoms in total. The van der Waals surface area contributed by atoms with Crippen LogP contribution in [0, 0.1) is 11.3 Å². The monoisotopic (exact) mass is 336 g/mol. The van der Waals surface area contributed by atoms with Crippen molar-refractivity contribution in [1.29, 1.82) is 5.26 Å². The van der Waals surface area contributed by atoms with Gasteiger partial charge in [-0.3, -0.25) is 0 Å². The van der Waals surface area contributed by atoms with E-state index in [1.54, 1.807) is 10.9 Å². The lowest BCUT2D eigenvalue weighted by Crippen LogP contribution is -2.35. The van der Waals surface area contributed by atoms with E-state index >= 15 is 0 Å². The predicted molar refractivity (Wildman–Crippen MR) is 90.4 cm³/mol. The van der Waals surface area contributed by atoms with Gasteiger partial charge in [0.1, 0.15) is 24.9 Å². The maximum atomic E-state index is 8.73. The summed E-state index contributed by atoms with van der Waals surface area (Å²) in [6, 6.07) is 9.73. The van der Waals surface area contributed by atoms with E-state index in [0.29, 0.717) is 37.6 Å². The summed E-state index contributed by atoms with van der Waals surface area (Å²) in [4.78, 5) is 8.56. The highest BCUT2D eigenvalue weighted by molar-refractivity contribution is 5.86. The highest BCUT2D eigenvalue weighted by Gasteiger charge is 2.21. The first-order chi connectivity index (χ1) is 12.3. The average Bonchev–Trinajstić information content (AvgIpc) is 3.08. The quantitative estimate of drug-likeness (QED) is 0.761. The summed E-state index contributed by atoms with van der Waals surface area (Å²) in [5.74, 6) is 2.20. The molecule has 3 heterocycles. The second-order valence-corrected chi connectivity index (χ2v) is 5.61. The summed E-state index contributed by atoms with van der Waals surface area (Å²) < 4.78 is 13.4. The van der Waals surface area contributed by atoms with Gasteiger partial charge in [-0.1, -0.05) is 12.1 Å². The summed E-state index contributed by atoms with van der Waals surface area (Å²) in [5, 5.41) is 17.1. The van der Waals surface area contributed by atoms with Crippen molar-refractivity contribution in [2.24, 2.45) is 0 Å². The molecule has 2 aromatic heterocycles. The van der Waals surface area contributed by atoms with Gasteiger partial charge < -0.3 is 14.8 Å². The molecule has 0 amide bonds. The Bertz CT molecular complexity index is 932. The molecule has 0 saturated carbocycles. The van der Waals surface area contributed by atoms with Crippen molar-refractivity contribution in [3.05, 3.63) is 36.8 Å². The number of fused-ring (bicyclic) bond motifs is 2. The number of hydrogen-bond donors (Lipinski definition) is 1. The van der Waals surface area contributed by atoms with Gasteiger partial charge in [0.2, 0.25) is 0 Å². The van der Waals surface area contributed by atoms with Crippen molar-refractivity contribution in [3.63, 3.8) is 0 Å². The second kappa shape index (κ2) is 6.65. The number of anilines is 1. The van der Waals surface area contributed by atoms with Gasteiger partial charge >= 0.3 is 0 Å². The number of aryl methyl sites for hydroxylation is 1. The molecule has 1 aliphatic heterocycles. The number of nitriles is 1. The van der Waals surface area contributed by atoms with Crippen LogP contribution in [0.3, 0.4) is 0 Å². The van der Waals surface area contributed by atoms with Gasteiger partial charge in [-0.25, -0.2) is 14.6 Å². The van der Waals surface area contributed by atoms with Crippen LogP contribution in [-0.2, 0) is 6.54 Å². The van der Waals surface area contributed by atoms with E-state index in [2.05, 4.69) is 26.5 Å². The van der Waals surface area contributed by atoms with Gasteiger partial charge in [0.25, 0.3) is 0 Å². The maximum absolute atomic E-state index is 8.73. The Kier molecular flexibility index (Phi) is 4.04. The topological polar surface area (TPSA) is 97.9 Å². The average molecular weight is 336 g/mol. The molecule has 25 heavy (non-hydrogen) atoms. The lowest BCUT2D eigenvalue weighted by atomic mass is 10.2. The Morgan fingerprint density at radius 2 is 2.16 bits per heavy atom. The van der Waals surface area contributed by atoms with Gasteiger partial charge in [0, 0.05) is 0 Å². The van der Waals surface area contributed by atoms with Crippen molar-refractivity contribution in [2.45, 2.75) is 19.1 Å². The van der Waals surface area contributed by atoms with Crippen LogP contribution in [0.1, 0.15) is 6.42 Å². The molecule has 0 aliphatic carbocycles. The zero-order valence-electron chi connectivity index (χ0n) is 13.4. The van der Waals surface area contributed by atoms with Crippen LogP contribution in [0.2, 0.25) is 0 Å². The first kappa shape index (κ1) is 15.2. The predicted octanol–water partition coefficient (Wildman–Crippen LogP) is 1.99. The molecule has 4 rings (SSSR count). The molecule has 0 fully saturated rings. The van der Waals surface area contributed by atoms with Crippen molar-refractivity contribution >= 4 is 16.9 Å². The number of rotatable bonds is 5. The summed E-state index contributed by atoms with van der Waals surface area (Å²) in [6.45, 7) is 1.52. The van der Waals surface area contributed by atoms with Gasteiger partial charge in [-0.15, -0.1) is 0 Å². The van der Waals surface area contributed by atoms with Crippen LogP contribution in [0.15, 0.2) is 36.8 Å². The van der Waals surface area contributed by atoms with Gasteiger partial charge in [-0.2, -0.15) is 10.4 Å². The normalized spacial score (nSPS) is 15.7. The fourth-order valence-corrected chi connectivity index (χ4v) is 2.73. The second-order valence-electron chi connectivity index (χ2n) is 5.61. The third-order valence-electron chi connectivity index (χ3n) is 3.93. The Morgan fingerprint density at radius 3 is 3.04 bits per heavy atom. The zero-order valence-corrected chi connectivity index (χ0v) is 13.4. The van der Waals surface area contributed by atoms with E-state index < -0.39 is 0 Å². The van der Waals surface area contributed by atoms with E-state index in [1.165, 1.54) is 6.33 Å². The minimum Gasteiger partial charge on any atom is -0.486 e.